The van der Waals surface area contributed by atoms with E-state index in [0.717, 1.165) is 22.4 Å². The molecule has 0 spiro atoms. The molecule has 1 saturated heterocycles. The fraction of sp³-hybridized carbons (Fsp3) is 0.500. The second-order valence-corrected chi connectivity index (χ2v) is 7.08. The normalized spacial score (nSPS) is 16.0. The van der Waals surface area contributed by atoms with Crippen molar-refractivity contribution in [2.45, 2.75) is 19.6 Å². The smallest absolute Gasteiger partial charge is 0.356 e. The second-order valence-electron chi connectivity index (χ2n) is 6.13. The molecule has 152 valence electrons. The first kappa shape index (κ1) is 20.1. The number of thiazole rings is 1. The van der Waals surface area contributed by atoms with E-state index in [2.05, 4.69) is 20.4 Å². The number of rotatable bonds is 4. The SMILES string of the molecule is CCNC(=NCc1nc(C(F)(F)F)cs1)N1CCN(c2cnn(C)c2)C(=O)C1. The summed E-state index contributed by atoms with van der Waals surface area (Å²) in [6, 6.07) is 0. The molecule has 12 heteroatoms. The summed E-state index contributed by atoms with van der Waals surface area (Å²) in [5.74, 6) is 0.379. The van der Waals surface area contributed by atoms with Crippen LogP contribution in [0.25, 0.3) is 0 Å². The molecule has 0 aromatic carbocycles. The van der Waals surface area contributed by atoms with Crippen LogP contribution in [0.15, 0.2) is 22.8 Å². The quantitative estimate of drug-likeness (QED) is 0.608. The molecule has 8 nitrogen and oxygen atoms in total. The predicted molar refractivity (Wildman–Crippen MR) is 99.1 cm³/mol. The molecule has 0 aliphatic carbocycles. The zero-order valence-electron chi connectivity index (χ0n) is 15.4. The van der Waals surface area contributed by atoms with Crippen LogP contribution in [0.3, 0.4) is 0 Å². The number of nitrogens with zero attached hydrogens (tertiary/aromatic N) is 6. The third-order valence-electron chi connectivity index (χ3n) is 4.06. The minimum Gasteiger partial charge on any atom is -0.356 e. The number of anilines is 1. The molecule has 0 atom stereocenters. The summed E-state index contributed by atoms with van der Waals surface area (Å²) < 4.78 is 39.6. The number of guanidine groups is 1. The van der Waals surface area contributed by atoms with Crippen molar-refractivity contribution in [2.24, 2.45) is 12.0 Å². The van der Waals surface area contributed by atoms with Crippen molar-refractivity contribution in [3.8, 4) is 0 Å². The van der Waals surface area contributed by atoms with Crippen LogP contribution in [0.1, 0.15) is 17.6 Å². The van der Waals surface area contributed by atoms with Crippen LogP contribution in [0.2, 0.25) is 0 Å². The fourth-order valence-corrected chi connectivity index (χ4v) is 3.48. The maximum Gasteiger partial charge on any atom is 0.434 e. The molecule has 2 aromatic heterocycles. The van der Waals surface area contributed by atoms with E-state index in [1.54, 1.807) is 33.9 Å². The van der Waals surface area contributed by atoms with Crippen molar-refractivity contribution in [3.05, 3.63) is 28.5 Å². The Kier molecular flexibility index (Phi) is 5.87. The van der Waals surface area contributed by atoms with Crippen LogP contribution in [0.5, 0.6) is 0 Å². The van der Waals surface area contributed by atoms with Gasteiger partial charge in [-0.3, -0.25) is 9.48 Å². The van der Waals surface area contributed by atoms with Crippen LogP contribution in [-0.2, 0) is 24.6 Å². The van der Waals surface area contributed by atoms with E-state index in [4.69, 9.17) is 0 Å². The molecule has 3 rings (SSSR count). The Morgan fingerprint density at radius 2 is 2.18 bits per heavy atom. The molecular formula is C16H20F3N7OS. The number of aliphatic imine (C=N–C) groups is 1. The van der Waals surface area contributed by atoms with E-state index in [1.165, 1.54) is 0 Å². The Hall–Kier alpha value is -2.63. The van der Waals surface area contributed by atoms with E-state index >= 15 is 0 Å². The lowest BCUT2D eigenvalue weighted by atomic mass is 10.3. The van der Waals surface area contributed by atoms with E-state index in [0.29, 0.717) is 25.6 Å². The van der Waals surface area contributed by atoms with Crippen molar-refractivity contribution in [3.63, 3.8) is 0 Å². The largest absolute Gasteiger partial charge is 0.434 e. The Morgan fingerprint density at radius 1 is 1.39 bits per heavy atom. The van der Waals surface area contributed by atoms with Crippen LogP contribution in [-0.4, -0.2) is 57.7 Å². The molecule has 0 bridgehead atoms. The van der Waals surface area contributed by atoms with E-state index in [1.807, 2.05) is 6.92 Å². The average molecular weight is 415 g/mol. The lowest BCUT2D eigenvalue weighted by molar-refractivity contribution is -0.140. The molecule has 1 amide bonds. The van der Waals surface area contributed by atoms with E-state index < -0.39 is 11.9 Å². The zero-order chi connectivity index (χ0) is 20.3. The van der Waals surface area contributed by atoms with Gasteiger partial charge in [0.2, 0.25) is 5.91 Å². The Bertz CT molecular complexity index is 861. The van der Waals surface area contributed by atoms with E-state index in [-0.39, 0.29) is 24.0 Å². The summed E-state index contributed by atoms with van der Waals surface area (Å²) in [6.07, 6.45) is -1.06. The molecule has 0 saturated carbocycles. The third-order valence-corrected chi connectivity index (χ3v) is 4.90. The summed E-state index contributed by atoms with van der Waals surface area (Å²) in [6.45, 7) is 3.59. The molecular weight excluding hydrogens is 395 g/mol. The summed E-state index contributed by atoms with van der Waals surface area (Å²) in [4.78, 5) is 23.9. The van der Waals surface area contributed by atoms with Gasteiger partial charge in [-0.15, -0.1) is 11.3 Å². The minimum atomic E-state index is -4.46. The highest BCUT2D eigenvalue weighted by atomic mass is 32.1. The Labute approximate surface area is 163 Å². The highest BCUT2D eigenvalue weighted by Crippen LogP contribution is 2.30. The van der Waals surface area contributed by atoms with Gasteiger partial charge in [0.1, 0.15) is 11.6 Å². The van der Waals surface area contributed by atoms with Gasteiger partial charge in [0, 0.05) is 38.3 Å². The topological polar surface area (TPSA) is 78.7 Å². The lowest BCUT2D eigenvalue weighted by Gasteiger charge is -2.35. The first-order valence-electron chi connectivity index (χ1n) is 8.61. The monoisotopic (exact) mass is 415 g/mol. The molecule has 1 aliphatic heterocycles. The van der Waals surface area contributed by atoms with Gasteiger partial charge in [-0.05, 0) is 6.92 Å². The van der Waals surface area contributed by atoms with Gasteiger partial charge in [0.25, 0.3) is 0 Å². The van der Waals surface area contributed by atoms with Crippen molar-refractivity contribution in [1.82, 2.24) is 25.0 Å². The van der Waals surface area contributed by atoms with Crippen LogP contribution in [0.4, 0.5) is 18.9 Å². The van der Waals surface area contributed by atoms with Gasteiger partial charge < -0.3 is 15.1 Å². The average Bonchev–Trinajstić information content (AvgIpc) is 3.27. The number of hydrogen-bond donors (Lipinski definition) is 1. The van der Waals surface area contributed by atoms with Crippen LogP contribution < -0.4 is 10.2 Å². The van der Waals surface area contributed by atoms with Gasteiger partial charge >= 0.3 is 6.18 Å². The number of aryl methyl sites for hydroxylation is 1. The zero-order valence-corrected chi connectivity index (χ0v) is 16.2. The van der Waals surface area contributed by atoms with Crippen molar-refractivity contribution < 1.29 is 18.0 Å². The number of piperazine rings is 1. The number of amides is 1. The summed E-state index contributed by atoms with van der Waals surface area (Å²) in [7, 11) is 1.78. The number of nitrogens with one attached hydrogen (secondary N) is 1. The van der Waals surface area contributed by atoms with Gasteiger partial charge in [-0.1, -0.05) is 0 Å². The molecule has 2 aromatic rings. The molecule has 1 aliphatic rings. The second kappa shape index (κ2) is 8.17. The van der Waals surface area contributed by atoms with Gasteiger partial charge in [0.15, 0.2) is 11.7 Å². The number of aromatic nitrogens is 3. The molecule has 1 fully saturated rings. The summed E-state index contributed by atoms with van der Waals surface area (Å²) in [5.41, 5.74) is -0.176. The van der Waals surface area contributed by atoms with Gasteiger partial charge in [0.05, 0.1) is 18.4 Å². The van der Waals surface area contributed by atoms with Crippen molar-refractivity contribution in [2.75, 3.05) is 31.1 Å². The van der Waals surface area contributed by atoms with E-state index in [9.17, 15) is 18.0 Å². The highest BCUT2D eigenvalue weighted by molar-refractivity contribution is 7.09. The molecule has 28 heavy (non-hydrogen) atoms. The lowest BCUT2D eigenvalue weighted by Crippen LogP contribution is -2.55. The van der Waals surface area contributed by atoms with Gasteiger partial charge in [-0.2, -0.15) is 18.3 Å². The standard InChI is InChI=1S/C16H20F3N7OS/c1-3-20-15(21-7-13-23-12(10-28-13)16(17,18)19)25-4-5-26(14(27)9-25)11-6-22-24(2)8-11/h6,8,10H,3-5,7,9H2,1-2H3,(H,20,21). The van der Waals surface area contributed by atoms with Crippen molar-refractivity contribution >= 4 is 28.9 Å². The number of hydrogen-bond acceptors (Lipinski definition) is 5. The first-order chi connectivity index (χ1) is 13.3. The summed E-state index contributed by atoms with van der Waals surface area (Å²) >= 11 is 0.915. The summed E-state index contributed by atoms with van der Waals surface area (Å²) in [5, 5.41) is 8.41. The maximum atomic E-state index is 12.7. The first-order valence-corrected chi connectivity index (χ1v) is 9.49. The number of halogens is 3. The Morgan fingerprint density at radius 3 is 2.75 bits per heavy atom. The molecule has 1 N–H and O–H groups in total. The molecule has 0 radical (unpaired) electrons. The molecule has 0 unspecified atom stereocenters. The number of carbonyl (C=O) groups excluding carboxylic acids is 1. The van der Waals surface area contributed by atoms with Crippen LogP contribution in [0, 0.1) is 0 Å². The van der Waals surface area contributed by atoms with Crippen LogP contribution >= 0.6 is 11.3 Å². The number of alkyl halides is 3. The molecule has 3 heterocycles. The maximum absolute atomic E-state index is 12.7. The fourth-order valence-electron chi connectivity index (χ4n) is 2.76. The van der Waals surface area contributed by atoms with Gasteiger partial charge in [-0.25, -0.2) is 9.98 Å². The minimum absolute atomic E-state index is 0.0140. The highest BCUT2D eigenvalue weighted by Gasteiger charge is 2.33. The predicted octanol–water partition coefficient (Wildman–Crippen LogP) is 1.71. The number of carbonyl (C=O) groups is 1. The third kappa shape index (κ3) is 4.61. The van der Waals surface area contributed by atoms with Crippen molar-refractivity contribution in [1.29, 1.82) is 0 Å². The Balaban J connectivity index is 1.68.